The maximum Gasteiger partial charge on any atom is 0.252 e. The molecule has 0 spiro atoms. The number of benzene rings is 2. The fourth-order valence-electron chi connectivity index (χ4n) is 2.83. The SMILES string of the molecule is CCCNS(=O)(=O)c1ccc(C2=C(c3cccc(F)c3)CNC2=O)cc1. The van der Waals surface area contributed by atoms with Crippen LogP contribution in [0.5, 0.6) is 0 Å². The molecular formula is C19H19FN2O3S. The Morgan fingerprint density at radius 3 is 2.50 bits per heavy atom. The van der Waals surface area contributed by atoms with Crippen LogP contribution in [0.25, 0.3) is 11.1 Å². The summed E-state index contributed by atoms with van der Waals surface area (Å²) in [5, 5.41) is 2.74. The lowest BCUT2D eigenvalue weighted by molar-refractivity contribution is -0.114. The van der Waals surface area contributed by atoms with E-state index in [9.17, 15) is 17.6 Å². The number of amides is 1. The number of hydrogen-bond acceptors (Lipinski definition) is 3. The molecule has 0 saturated carbocycles. The molecule has 5 nitrogen and oxygen atoms in total. The Morgan fingerprint density at radius 2 is 1.85 bits per heavy atom. The molecule has 0 atom stereocenters. The van der Waals surface area contributed by atoms with Gasteiger partial charge in [-0.05, 0) is 47.4 Å². The van der Waals surface area contributed by atoms with E-state index >= 15 is 0 Å². The van der Waals surface area contributed by atoms with E-state index in [1.54, 1.807) is 24.3 Å². The molecule has 3 rings (SSSR count). The Bertz CT molecular complexity index is 967. The van der Waals surface area contributed by atoms with Gasteiger partial charge in [0.25, 0.3) is 5.91 Å². The lowest BCUT2D eigenvalue weighted by atomic mass is 9.97. The number of halogens is 1. The molecule has 0 saturated heterocycles. The summed E-state index contributed by atoms with van der Waals surface area (Å²) in [6, 6.07) is 12.2. The molecule has 0 unspecified atom stereocenters. The van der Waals surface area contributed by atoms with E-state index in [0.29, 0.717) is 41.8 Å². The Labute approximate surface area is 152 Å². The molecule has 2 aromatic rings. The van der Waals surface area contributed by atoms with Crippen molar-refractivity contribution in [1.82, 2.24) is 10.0 Å². The minimum absolute atomic E-state index is 0.140. The molecule has 1 aliphatic heterocycles. The number of rotatable bonds is 6. The van der Waals surface area contributed by atoms with E-state index in [2.05, 4.69) is 10.0 Å². The molecule has 0 radical (unpaired) electrons. The summed E-state index contributed by atoms with van der Waals surface area (Å²) in [6.07, 6.45) is 0.696. The standard InChI is InChI=1S/C19H19FN2O3S/c1-2-10-22-26(24,25)16-8-6-13(7-9-16)18-17(12-21-19(18)23)14-4-3-5-15(20)11-14/h3-9,11,22H,2,10,12H2,1H3,(H,21,23). The van der Waals surface area contributed by atoms with Gasteiger partial charge in [0.15, 0.2) is 0 Å². The highest BCUT2D eigenvalue weighted by Gasteiger charge is 2.25. The Kier molecular flexibility index (Phi) is 5.20. The second kappa shape index (κ2) is 7.39. The zero-order valence-corrected chi connectivity index (χ0v) is 15.1. The van der Waals surface area contributed by atoms with E-state index in [4.69, 9.17) is 0 Å². The Morgan fingerprint density at radius 1 is 1.12 bits per heavy atom. The molecule has 2 aromatic carbocycles. The summed E-state index contributed by atoms with van der Waals surface area (Å²) < 4.78 is 40.4. The quantitative estimate of drug-likeness (QED) is 0.816. The number of carbonyl (C=O) groups excluding carboxylic acids is 1. The summed E-state index contributed by atoms with van der Waals surface area (Å²) >= 11 is 0. The van der Waals surface area contributed by atoms with Gasteiger partial charge in [-0.2, -0.15) is 0 Å². The number of sulfonamides is 1. The molecule has 1 amide bonds. The predicted molar refractivity (Wildman–Crippen MR) is 98.1 cm³/mol. The zero-order valence-electron chi connectivity index (χ0n) is 14.3. The van der Waals surface area contributed by atoms with Crippen molar-refractivity contribution in [1.29, 1.82) is 0 Å². The van der Waals surface area contributed by atoms with Crippen molar-refractivity contribution in [3.8, 4) is 0 Å². The summed E-state index contributed by atoms with van der Waals surface area (Å²) in [6.45, 7) is 2.54. The largest absolute Gasteiger partial charge is 0.348 e. The Balaban J connectivity index is 1.99. The minimum atomic E-state index is -3.56. The van der Waals surface area contributed by atoms with Crippen LogP contribution in [0.2, 0.25) is 0 Å². The molecule has 7 heteroatoms. The van der Waals surface area contributed by atoms with E-state index in [1.165, 1.54) is 24.3 Å². The van der Waals surface area contributed by atoms with Crippen LogP contribution >= 0.6 is 0 Å². The third-order valence-corrected chi connectivity index (χ3v) is 5.60. The molecule has 1 aliphatic rings. The lowest BCUT2D eigenvalue weighted by Gasteiger charge is -2.09. The van der Waals surface area contributed by atoms with Crippen molar-refractivity contribution in [2.45, 2.75) is 18.2 Å². The van der Waals surface area contributed by atoms with E-state index in [0.717, 1.165) is 0 Å². The fourth-order valence-corrected chi connectivity index (χ4v) is 3.96. The molecule has 0 aromatic heterocycles. The number of nitrogens with one attached hydrogen (secondary N) is 2. The topological polar surface area (TPSA) is 75.3 Å². The van der Waals surface area contributed by atoms with Crippen LogP contribution in [-0.2, 0) is 14.8 Å². The molecule has 0 bridgehead atoms. The minimum Gasteiger partial charge on any atom is -0.348 e. The number of carbonyl (C=O) groups is 1. The van der Waals surface area contributed by atoms with Gasteiger partial charge in [-0.25, -0.2) is 17.5 Å². The molecule has 2 N–H and O–H groups in total. The highest BCUT2D eigenvalue weighted by atomic mass is 32.2. The zero-order chi connectivity index (χ0) is 18.7. The second-order valence-corrected chi connectivity index (χ2v) is 7.74. The molecular weight excluding hydrogens is 355 g/mol. The molecule has 136 valence electrons. The maximum absolute atomic E-state index is 13.5. The van der Waals surface area contributed by atoms with Gasteiger partial charge in [0.05, 0.1) is 10.5 Å². The molecule has 0 aliphatic carbocycles. The van der Waals surface area contributed by atoms with E-state index in [1.807, 2.05) is 6.92 Å². The first-order valence-corrected chi connectivity index (χ1v) is 9.78. The normalized spacial score (nSPS) is 14.6. The fraction of sp³-hybridized carbons (Fsp3) is 0.211. The van der Waals surface area contributed by atoms with Gasteiger partial charge in [-0.1, -0.05) is 31.2 Å². The van der Waals surface area contributed by atoms with Gasteiger partial charge in [0.1, 0.15) is 5.82 Å². The van der Waals surface area contributed by atoms with Crippen LogP contribution in [0.4, 0.5) is 4.39 Å². The first kappa shape index (κ1) is 18.3. The van der Waals surface area contributed by atoms with Crippen LogP contribution in [0.3, 0.4) is 0 Å². The van der Waals surface area contributed by atoms with Crippen LogP contribution in [0, 0.1) is 5.82 Å². The van der Waals surface area contributed by atoms with Gasteiger partial charge < -0.3 is 5.32 Å². The summed E-state index contributed by atoms with van der Waals surface area (Å²) in [4.78, 5) is 12.4. The van der Waals surface area contributed by atoms with Gasteiger partial charge in [0.2, 0.25) is 10.0 Å². The predicted octanol–water partition coefficient (Wildman–Crippen LogP) is 2.55. The first-order chi connectivity index (χ1) is 12.4. The first-order valence-electron chi connectivity index (χ1n) is 8.30. The third kappa shape index (κ3) is 3.68. The van der Waals surface area contributed by atoms with Gasteiger partial charge >= 0.3 is 0 Å². The average Bonchev–Trinajstić information content (AvgIpc) is 3.02. The van der Waals surface area contributed by atoms with Crippen molar-refractivity contribution in [2.75, 3.05) is 13.1 Å². The van der Waals surface area contributed by atoms with E-state index in [-0.39, 0.29) is 16.6 Å². The average molecular weight is 374 g/mol. The van der Waals surface area contributed by atoms with Gasteiger partial charge in [-0.3, -0.25) is 4.79 Å². The van der Waals surface area contributed by atoms with Crippen LogP contribution < -0.4 is 10.0 Å². The highest BCUT2D eigenvalue weighted by Crippen LogP contribution is 2.31. The molecule has 26 heavy (non-hydrogen) atoms. The van der Waals surface area contributed by atoms with E-state index < -0.39 is 10.0 Å². The van der Waals surface area contributed by atoms with Crippen LogP contribution in [-0.4, -0.2) is 27.4 Å². The highest BCUT2D eigenvalue weighted by molar-refractivity contribution is 7.89. The lowest BCUT2D eigenvalue weighted by Crippen LogP contribution is -2.24. The smallest absolute Gasteiger partial charge is 0.252 e. The summed E-state index contributed by atoms with van der Waals surface area (Å²) in [7, 11) is -3.56. The molecule has 1 heterocycles. The van der Waals surface area contributed by atoms with Crippen molar-refractivity contribution < 1.29 is 17.6 Å². The van der Waals surface area contributed by atoms with Crippen molar-refractivity contribution in [3.05, 3.63) is 65.5 Å². The maximum atomic E-state index is 13.5. The molecule has 0 fully saturated rings. The Hall–Kier alpha value is -2.51. The van der Waals surface area contributed by atoms with Crippen molar-refractivity contribution in [3.63, 3.8) is 0 Å². The summed E-state index contributed by atoms with van der Waals surface area (Å²) in [5.74, 6) is -0.638. The van der Waals surface area contributed by atoms with Gasteiger partial charge in [0, 0.05) is 13.1 Å². The van der Waals surface area contributed by atoms with Gasteiger partial charge in [-0.15, -0.1) is 0 Å². The second-order valence-electron chi connectivity index (χ2n) is 5.97. The monoisotopic (exact) mass is 374 g/mol. The number of hydrogen-bond donors (Lipinski definition) is 2. The summed E-state index contributed by atoms with van der Waals surface area (Å²) in [5.41, 5.74) is 2.34. The van der Waals surface area contributed by atoms with Crippen LogP contribution in [0.1, 0.15) is 24.5 Å². The van der Waals surface area contributed by atoms with Crippen molar-refractivity contribution >= 4 is 27.1 Å². The van der Waals surface area contributed by atoms with Crippen LogP contribution in [0.15, 0.2) is 53.4 Å². The van der Waals surface area contributed by atoms with Crippen molar-refractivity contribution in [2.24, 2.45) is 0 Å². The third-order valence-electron chi connectivity index (χ3n) is 4.12.